The molecule has 6 nitrogen and oxygen atoms in total. The van der Waals surface area contributed by atoms with Crippen molar-refractivity contribution in [2.75, 3.05) is 36.4 Å². The third-order valence-corrected chi connectivity index (χ3v) is 4.10. The number of aromatic nitrogens is 1. The first kappa shape index (κ1) is 16.0. The largest absolute Gasteiger partial charge is 0.367 e. The number of hydrogen-bond donors (Lipinski definition) is 1. The van der Waals surface area contributed by atoms with Crippen LogP contribution in [0.5, 0.6) is 0 Å². The van der Waals surface area contributed by atoms with Crippen LogP contribution >= 0.6 is 0 Å². The second kappa shape index (κ2) is 7.12. The number of nitrogens with zero attached hydrogens (tertiary/aromatic N) is 3. The molecule has 2 aromatic rings. The van der Waals surface area contributed by atoms with E-state index in [0.29, 0.717) is 11.4 Å². The molecule has 2 amide bonds. The molecule has 1 aliphatic heterocycles. The molecule has 0 bridgehead atoms. The minimum absolute atomic E-state index is 0.168. The molecule has 6 heteroatoms. The predicted octanol–water partition coefficient (Wildman–Crippen LogP) is 1.92. The second-order valence-electron chi connectivity index (χ2n) is 5.85. The Morgan fingerprint density at radius 3 is 2.58 bits per heavy atom. The highest BCUT2D eigenvalue weighted by Crippen LogP contribution is 2.17. The first-order chi connectivity index (χ1) is 11.7. The summed E-state index contributed by atoms with van der Waals surface area (Å²) in [5, 5.41) is 2.81. The van der Waals surface area contributed by atoms with Crippen LogP contribution in [-0.4, -0.2) is 48.4 Å². The van der Waals surface area contributed by atoms with Crippen LogP contribution in [-0.2, 0) is 4.79 Å². The van der Waals surface area contributed by atoms with Crippen molar-refractivity contribution < 1.29 is 9.59 Å². The summed E-state index contributed by atoms with van der Waals surface area (Å²) in [6, 6.07) is 11.2. The maximum Gasteiger partial charge on any atom is 0.256 e. The monoisotopic (exact) mass is 324 g/mol. The summed E-state index contributed by atoms with van der Waals surface area (Å²) in [6.45, 7) is 4.96. The average Bonchev–Trinajstić information content (AvgIpc) is 2.62. The van der Waals surface area contributed by atoms with Crippen LogP contribution in [0.1, 0.15) is 15.9 Å². The molecule has 1 aliphatic rings. The number of anilines is 2. The Morgan fingerprint density at radius 2 is 1.96 bits per heavy atom. The number of nitrogens with one attached hydrogen (secondary N) is 1. The van der Waals surface area contributed by atoms with Crippen LogP contribution < -0.4 is 10.2 Å². The van der Waals surface area contributed by atoms with Gasteiger partial charge in [0.2, 0.25) is 6.41 Å². The second-order valence-corrected chi connectivity index (χ2v) is 5.85. The molecule has 0 spiro atoms. The van der Waals surface area contributed by atoms with Gasteiger partial charge in [-0.1, -0.05) is 17.7 Å². The summed E-state index contributed by atoms with van der Waals surface area (Å²) < 4.78 is 0. The number of benzene rings is 1. The number of amides is 2. The lowest BCUT2D eigenvalue weighted by Crippen LogP contribution is -2.45. The van der Waals surface area contributed by atoms with Crippen LogP contribution in [0.2, 0.25) is 0 Å². The fraction of sp³-hybridized carbons (Fsp3) is 0.278. The molecule has 0 saturated carbocycles. The number of carbonyl (C=O) groups excluding carboxylic acids is 2. The fourth-order valence-electron chi connectivity index (χ4n) is 2.71. The first-order valence-electron chi connectivity index (χ1n) is 7.94. The smallest absolute Gasteiger partial charge is 0.256 e. The molecule has 3 rings (SSSR count). The lowest BCUT2D eigenvalue weighted by atomic mass is 10.1. The predicted molar refractivity (Wildman–Crippen MR) is 93.2 cm³/mol. The third-order valence-electron chi connectivity index (χ3n) is 4.10. The molecule has 1 aromatic carbocycles. The zero-order valence-corrected chi connectivity index (χ0v) is 13.6. The van der Waals surface area contributed by atoms with Crippen LogP contribution in [0.3, 0.4) is 0 Å². The number of carbonyl (C=O) groups is 2. The zero-order valence-electron chi connectivity index (χ0n) is 13.6. The lowest BCUT2D eigenvalue weighted by molar-refractivity contribution is -0.118. The number of rotatable bonds is 4. The SMILES string of the molecule is Cc1cccc(C(=O)Nc2ccc(N3CCN(C=O)CC3)cn2)c1. The van der Waals surface area contributed by atoms with Gasteiger partial charge in [0.1, 0.15) is 5.82 Å². The van der Waals surface area contributed by atoms with Crippen LogP contribution in [0.15, 0.2) is 42.6 Å². The van der Waals surface area contributed by atoms with Gasteiger partial charge in [-0.25, -0.2) is 4.98 Å². The van der Waals surface area contributed by atoms with Crippen molar-refractivity contribution in [3.8, 4) is 0 Å². The molecule has 2 heterocycles. The van der Waals surface area contributed by atoms with Gasteiger partial charge in [0, 0.05) is 31.7 Å². The minimum atomic E-state index is -0.168. The molecule has 0 unspecified atom stereocenters. The first-order valence-corrected chi connectivity index (χ1v) is 7.94. The van der Waals surface area contributed by atoms with E-state index in [4.69, 9.17) is 0 Å². The minimum Gasteiger partial charge on any atom is -0.367 e. The van der Waals surface area contributed by atoms with Gasteiger partial charge in [0.25, 0.3) is 5.91 Å². The van der Waals surface area contributed by atoms with E-state index in [1.807, 2.05) is 31.2 Å². The molecule has 0 atom stereocenters. The Labute approximate surface area is 141 Å². The van der Waals surface area contributed by atoms with E-state index in [2.05, 4.69) is 15.2 Å². The van der Waals surface area contributed by atoms with Crippen molar-refractivity contribution in [1.82, 2.24) is 9.88 Å². The van der Waals surface area contributed by atoms with Crippen LogP contribution in [0.25, 0.3) is 0 Å². The van der Waals surface area contributed by atoms with E-state index in [-0.39, 0.29) is 5.91 Å². The molecule has 0 radical (unpaired) electrons. The van der Waals surface area contributed by atoms with Gasteiger partial charge in [0.05, 0.1) is 11.9 Å². The Hall–Kier alpha value is -2.89. The Bertz CT molecular complexity index is 722. The summed E-state index contributed by atoms with van der Waals surface area (Å²) >= 11 is 0. The molecule has 24 heavy (non-hydrogen) atoms. The Kier molecular flexibility index (Phi) is 4.74. The van der Waals surface area contributed by atoms with Crippen LogP contribution in [0, 0.1) is 6.92 Å². The van der Waals surface area contributed by atoms with Gasteiger partial charge in [0.15, 0.2) is 0 Å². The van der Waals surface area contributed by atoms with Crippen molar-refractivity contribution in [3.63, 3.8) is 0 Å². The summed E-state index contributed by atoms with van der Waals surface area (Å²) in [5.74, 6) is 0.357. The number of piperazine rings is 1. The molecule has 1 fully saturated rings. The highest BCUT2D eigenvalue weighted by molar-refractivity contribution is 6.03. The molecule has 0 aliphatic carbocycles. The van der Waals surface area contributed by atoms with E-state index in [0.717, 1.165) is 43.8 Å². The highest BCUT2D eigenvalue weighted by Gasteiger charge is 2.16. The molecule has 1 N–H and O–H groups in total. The Balaban J connectivity index is 1.62. The fourth-order valence-corrected chi connectivity index (χ4v) is 2.71. The molecule has 1 aromatic heterocycles. The van der Waals surface area contributed by atoms with E-state index in [1.165, 1.54) is 0 Å². The quantitative estimate of drug-likeness (QED) is 0.873. The number of hydrogen-bond acceptors (Lipinski definition) is 4. The lowest BCUT2D eigenvalue weighted by Gasteiger charge is -2.33. The van der Waals surface area contributed by atoms with Crippen molar-refractivity contribution in [2.24, 2.45) is 0 Å². The van der Waals surface area contributed by atoms with Crippen molar-refractivity contribution >= 4 is 23.8 Å². The standard InChI is InChI=1S/C18H20N4O2/c1-14-3-2-4-15(11-14)18(24)20-17-6-5-16(12-19-17)22-9-7-21(13-23)8-10-22/h2-6,11-13H,7-10H2,1H3,(H,19,20,24). The van der Waals surface area contributed by atoms with Crippen LogP contribution in [0.4, 0.5) is 11.5 Å². The summed E-state index contributed by atoms with van der Waals surface area (Å²) in [6.07, 6.45) is 2.64. The van der Waals surface area contributed by atoms with E-state index >= 15 is 0 Å². The molecular formula is C18H20N4O2. The third kappa shape index (κ3) is 3.71. The van der Waals surface area contributed by atoms with Gasteiger partial charge in [-0.15, -0.1) is 0 Å². The Morgan fingerprint density at radius 1 is 1.17 bits per heavy atom. The van der Waals surface area contributed by atoms with E-state index in [1.54, 1.807) is 23.2 Å². The van der Waals surface area contributed by atoms with Crippen molar-refractivity contribution in [2.45, 2.75) is 6.92 Å². The molecule has 1 saturated heterocycles. The van der Waals surface area contributed by atoms with E-state index < -0.39 is 0 Å². The van der Waals surface area contributed by atoms with Gasteiger partial charge in [-0.2, -0.15) is 0 Å². The normalized spacial score (nSPS) is 14.4. The van der Waals surface area contributed by atoms with Gasteiger partial charge < -0.3 is 15.1 Å². The number of pyridine rings is 1. The zero-order chi connectivity index (χ0) is 16.9. The summed E-state index contributed by atoms with van der Waals surface area (Å²) in [5.41, 5.74) is 2.65. The summed E-state index contributed by atoms with van der Waals surface area (Å²) in [4.78, 5) is 31.2. The topological polar surface area (TPSA) is 65.5 Å². The van der Waals surface area contributed by atoms with E-state index in [9.17, 15) is 9.59 Å². The highest BCUT2D eigenvalue weighted by atomic mass is 16.1. The molecule has 124 valence electrons. The maximum absolute atomic E-state index is 12.2. The summed E-state index contributed by atoms with van der Waals surface area (Å²) in [7, 11) is 0. The van der Waals surface area contributed by atoms with Crippen molar-refractivity contribution in [1.29, 1.82) is 0 Å². The average molecular weight is 324 g/mol. The molecular weight excluding hydrogens is 304 g/mol. The van der Waals surface area contributed by atoms with Gasteiger partial charge in [-0.05, 0) is 31.2 Å². The van der Waals surface area contributed by atoms with Gasteiger partial charge >= 0.3 is 0 Å². The number of aryl methyl sites for hydroxylation is 1. The van der Waals surface area contributed by atoms with Crippen molar-refractivity contribution in [3.05, 3.63) is 53.7 Å². The van der Waals surface area contributed by atoms with Gasteiger partial charge in [-0.3, -0.25) is 9.59 Å². The maximum atomic E-state index is 12.2.